The Morgan fingerprint density at radius 3 is 2.69 bits per heavy atom. The van der Waals surface area contributed by atoms with Crippen molar-refractivity contribution in [2.75, 3.05) is 6.54 Å². The Morgan fingerprint density at radius 2 is 2.04 bits per heavy atom. The van der Waals surface area contributed by atoms with E-state index >= 15 is 0 Å². The highest BCUT2D eigenvalue weighted by Gasteiger charge is 2.28. The summed E-state index contributed by atoms with van der Waals surface area (Å²) in [5, 5.41) is 4.47. The smallest absolute Gasteiger partial charge is 0.236 e. The third kappa shape index (κ3) is 4.56. The minimum absolute atomic E-state index is 0.151. The van der Waals surface area contributed by atoms with Crippen molar-refractivity contribution >= 4 is 41.2 Å². The summed E-state index contributed by atoms with van der Waals surface area (Å²) in [6.45, 7) is 4.84. The van der Waals surface area contributed by atoms with Crippen molar-refractivity contribution in [2.24, 2.45) is 0 Å². The summed E-state index contributed by atoms with van der Waals surface area (Å²) in [5.41, 5.74) is 0.956. The molecule has 3 rings (SSSR count). The maximum Gasteiger partial charge on any atom is 0.236 e. The molecule has 26 heavy (non-hydrogen) atoms. The lowest BCUT2D eigenvalue weighted by molar-refractivity contribution is -0.133. The Bertz CT molecular complexity index is 781. The van der Waals surface area contributed by atoms with Crippen molar-refractivity contribution in [1.29, 1.82) is 0 Å². The summed E-state index contributed by atoms with van der Waals surface area (Å²) in [4.78, 5) is 15.1. The van der Waals surface area contributed by atoms with E-state index in [9.17, 15) is 4.79 Å². The van der Waals surface area contributed by atoms with Crippen LogP contribution in [-0.4, -0.2) is 38.4 Å². The molecule has 0 saturated heterocycles. The van der Waals surface area contributed by atoms with E-state index in [-0.39, 0.29) is 11.2 Å². The fraction of sp³-hybridized carbons (Fsp3) is 0.526. The number of hydrogen-bond donors (Lipinski definition) is 0. The Hall–Kier alpha value is -1.18. The van der Waals surface area contributed by atoms with Gasteiger partial charge in [0.15, 0.2) is 8.29 Å². The van der Waals surface area contributed by atoms with Crippen LogP contribution in [0.1, 0.15) is 46.0 Å². The van der Waals surface area contributed by atoms with Gasteiger partial charge in [0.05, 0.1) is 10.9 Å². The van der Waals surface area contributed by atoms with Gasteiger partial charge < -0.3 is 4.90 Å². The van der Waals surface area contributed by atoms with E-state index in [1.165, 1.54) is 42.4 Å². The van der Waals surface area contributed by atoms with E-state index in [0.29, 0.717) is 10.00 Å². The molecule has 1 aliphatic rings. The molecule has 1 saturated carbocycles. The van der Waals surface area contributed by atoms with Gasteiger partial charge in [0.25, 0.3) is 0 Å². The Labute approximate surface area is 168 Å². The fourth-order valence-electron chi connectivity index (χ4n) is 3.46. The van der Waals surface area contributed by atoms with Crippen LogP contribution < -0.4 is 0 Å². The normalized spacial score (nSPS) is 16.4. The first-order valence-electron chi connectivity index (χ1n) is 9.23. The zero-order valence-electron chi connectivity index (χ0n) is 15.3. The predicted molar refractivity (Wildman–Crippen MR) is 112 cm³/mol. The zero-order valence-corrected chi connectivity index (χ0v) is 17.7. The van der Waals surface area contributed by atoms with E-state index < -0.39 is 0 Å². The number of benzene rings is 1. The molecule has 0 radical (unpaired) electrons. The van der Waals surface area contributed by atoms with E-state index in [0.717, 1.165) is 29.4 Å². The van der Waals surface area contributed by atoms with Crippen LogP contribution in [-0.2, 0) is 4.79 Å². The summed E-state index contributed by atoms with van der Waals surface area (Å²) in [6.07, 6.45) is 6.04. The zero-order chi connectivity index (χ0) is 18.5. The third-order valence-electron chi connectivity index (χ3n) is 4.79. The molecule has 140 valence electrons. The Kier molecular flexibility index (Phi) is 6.89. The lowest BCUT2D eigenvalue weighted by Gasteiger charge is -2.35. The van der Waals surface area contributed by atoms with E-state index in [2.05, 4.69) is 16.9 Å². The number of carbonyl (C=O) groups is 1. The lowest BCUT2D eigenvalue weighted by Crippen LogP contribution is -2.44. The molecule has 0 unspecified atom stereocenters. The van der Waals surface area contributed by atoms with E-state index in [1.807, 2.05) is 37.3 Å². The van der Waals surface area contributed by atoms with Crippen LogP contribution in [0, 0.1) is 3.95 Å². The van der Waals surface area contributed by atoms with Gasteiger partial charge in [-0.2, -0.15) is 0 Å². The number of carbonyl (C=O) groups excluding carboxylic acids is 1. The first-order valence-corrected chi connectivity index (χ1v) is 11.3. The average Bonchev–Trinajstić information content (AvgIpc) is 3.04. The van der Waals surface area contributed by atoms with Gasteiger partial charge in [0.2, 0.25) is 5.91 Å². The predicted octanol–water partition coefficient (Wildman–Crippen LogP) is 5.33. The second kappa shape index (κ2) is 9.15. The summed E-state index contributed by atoms with van der Waals surface area (Å²) in [5.74, 6) is 0.219. The molecule has 4 nitrogen and oxygen atoms in total. The molecule has 1 aromatic carbocycles. The minimum Gasteiger partial charge on any atom is -0.339 e. The van der Waals surface area contributed by atoms with Gasteiger partial charge in [-0.3, -0.25) is 4.79 Å². The molecule has 0 bridgehead atoms. The molecule has 1 fully saturated rings. The van der Waals surface area contributed by atoms with Crippen molar-refractivity contribution in [2.45, 2.75) is 61.6 Å². The van der Waals surface area contributed by atoms with Crippen molar-refractivity contribution in [1.82, 2.24) is 14.7 Å². The molecule has 1 heterocycles. The van der Waals surface area contributed by atoms with Crippen LogP contribution >= 0.6 is 35.3 Å². The fourth-order valence-corrected chi connectivity index (χ4v) is 6.04. The lowest BCUT2D eigenvalue weighted by atomic mass is 9.94. The molecule has 0 N–H and O–H groups in total. The number of thioether (sulfide) groups is 1. The standard InChI is InChI=1S/C19H25N3OS3/c1-3-21(15-10-6-4-7-11-15)17(23)14(2)25-18-20-22(19(24)26-18)16-12-8-5-9-13-16/h5,8-9,12-15H,3-4,6-7,10-11H2,1-2H3/t14-/m1/s1. The largest absolute Gasteiger partial charge is 0.339 e. The Balaban J connectivity index is 1.70. The SMILES string of the molecule is CCN(C(=O)[C@@H](C)Sc1nn(-c2ccccc2)c(=S)s1)C1CCCCC1. The van der Waals surface area contributed by atoms with Gasteiger partial charge >= 0.3 is 0 Å². The van der Waals surface area contributed by atoms with Crippen LogP contribution in [0.4, 0.5) is 0 Å². The number of para-hydroxylation sites is 1. The van der Waals surface area contributed by atoms with Crippen LogP contribution in [0.15, 0.2) is 34.7 Å². The van der Waals surface area contributed by atoms with Gasteiger partial charge in [-0.25, -0.2) is 4.68 Å². The summed E-state index contributed by atoms with van der Waals surface area (Å²) in [6, 6.07) is 10.3. The molecule has 1 amide bonds. The molecule has 1 atom stereocenters. The number of aromatic nitrogens is 2. The van der Waals surface area contributed by atoms with Crippen molar-refractivity contribution in [3.8, 4) is 5.69 Å². The highest BCUT2D eigenvalue weighted by atomic mass is 32.2. The molecule has 1 aromatic heterocycles. The molecular formula is C19H25N3OS3. The van der Waals surface area contributed by atoms with Gasteiger partial charge in [0, 0.05) is 12.6 Å². The van der Waals surface area contributed by atoms with Gasteiger partial charge in [-0.15, -0.1) is 5.10 Å². The number of rotatable bonds is 6. The number of hydrogen-bond acceptors (Lipinski definition) is 5. The second-order valence-corrected chi connectivity index (χ2v) is 9.77. The van der Waals surface area contributed by atoms with Crippen LogP contribution in [0.5, 0.6) is 0 Å². The molecule has 7 heteroatoms. The number of nitrogens with zero attached hydrogens (tertiary/aromatic N) is 3. The van der Waals surface area contributed by atoms with Crippen molar-refractivity contribution < 1.29 is 4.79 Å². The maximum absolute atomic E-state index is 13.0. The minimum atomic E-state index is -0.151. The molecule has 0 aliphatic heterocycles. The third-order valence-corrected chi connectivity index (χ3v) is 7.20. The quantitative estimate of drug-likeness (QED) is 0.479. The summed E-state index contributed by atoms with van der Waals surface area (Å²) < 4.78 is 3.33. The molecule has 1 aliphatic carbocycles. The maximum atomic E-state index is 13.0. The molecular weight excluding hydrogens is 382 g/mol. The highest BCUT2D eigenvalue weighted by molar-refractivity contribution is 8.02. The van der Waals surface area contributed by atoms with Crippen LogP contribution in [0.25, 0.3) is 5.69 Å². The topological polar surface area (TPSA) is 38.1 Å². The van der Waals surface area contributed by atoms with Gasteiger partial charge in [-0.05, 0) is 51.0 Å². The van der Waals surface area contributed by atoms with Gasteiger partial charge in [0.1, 0.15) is 0 Å². The van der Waals surface area contributed by atoms with Crippen molar-refractivity contribution in [3.05, 3.63) is 34.3 Å². The van der Waals surface area contributed by atoms with Gasteiger partial charge in [-0.1, -0.05) is 60.6 Å². The highest BCUT2D eigenvalue weighted by Crippen LogP contribution is 2.30. The first-order chi connectivity index (χ1) is 12.6. The Morgan fingerprint density at radius 1 is 1.35 bits per heavy atom. The monoisotopic (exact) mass is 407 g/mol. The average molecular weight is 408 g/mol. The van der Waals surface area contributed by atoms with Crippen LogP contribution in [0.3, 0.4) is 0 Å². The second-order valence-electron chi connectivity index (χ2n) is 6.56. The number of amides is 1. The van der Waals surface area contributed by atoms with E-state index in [1.54, 1.807) is 4.68 Å². The summed E-state index contributed by atoms with van der Waals surface area (Å²) in [7, 11) is 0. The van der Waals surface area contributed by atoms with E-state index in [4.69, 9.17) is 12.2 Å². The molecule has 2 aromatic rings. The molecule has 0 spiro atoms. The van der Waals surface area contributed by atoms with Crippen molar-refractivity contribution in [3.63, 3.8) is 0 Å². The first kappa shape index (κ1) is 19.6. The summed E-state index contributed by atoms with van der Waals surface area (Å²) >= 11 is 8.45. The van der Waals surface area contributed by atoms with Crippen LogP contribution in [0.2, 0.25) is 0 Å².